The summed E-state index contributed by atoms with van der Waals surface area (Å²) < 4.78 is 7.76. The van der Waals surface area contributed by atoms with E-state index in [2.05, 4.69) is 61.4 Å². The lowest BCUT2D eigenvalue weighted by Crippen LogP contribution is -2.48. The van der Waals surface area contributed by atoms with Crippen molar-refractivity contribution in [1.29, 1.82) is 0 Å². The molecule has 2 saturated heterocycles. The first-order valence-electron chi connectivity index (χ1n) is 16.8. The van der Waals surface area contributed by atoms with Crippen molar-refractivity contribution in [3.63, 3.8) is 0 Å². The number of rotatable bonds is 8. The summed E-state index contributed by atoms with van der Waals surface area (Å²) in [6.45, 7) is 12.6. The normalized spacial score (nSPS) is 19.0. The molecule has 246 valence electrons. The fourth-order valence-electron chi connectivity index (χ4n) is 7.07. The van der Waals surface area contributed by atoms with E-state index in [0.717, 1.165) is 71.6 Å². The number of aryl methyl sites for hydroxylation is 2. The first-order valence-corrected chi connectivity index (χ1v) is 16.8. The molecule has 2 aliphatic heterocycles. The first kappa shape index (κ1) is 32.4. The summed E-state index contributed by atoms with van der Waals surface area (Å²) in [6.07, 6.45) is 4.99. The first-order chi connectivity index (χ1) is 22.4. The summed E-state index contributed by atoms with van der Waals surface area (Å²) in [5, 5.41) is 10.9. The summed E-state index contributed by atoms with van der Waals surface area (Å²) in [4.78, 5) is 28.6. The quantitative estimate of drug-likeness (QED) is 0.205. The molecule has 4 aromatic rings. The van der Waals surface area contributed by atoms with Crippen molar-refractivity contribution in [3.8, 4) is 11.4 Å². The molecule has 47 heavy (non-hydrogen) atoms. The number of nitrogens with zero attached hydrogens (tertiary/aromatic N) is 3. The highest BCUT2D eigenvalue weighted by molar-refractivity contribution is 5.99. The van der Waals surface area contributed by atoms with Gasteiger partial charge in [-0.3, -0.25) is 10.1 Å². The molecular weight excluding hydrogens is 586 g/mol. The number of carbonyl (C=O) groups excluding carboxylic acids is 2. The van der Waals surface area contributed by atoms with Gasteiger partial charge in [0.15, 0.2) is 6.61 Å². The number of benzene rings is 3. The summed E-state index contributed by atoms with van der Waals surface area (Å²) in [5.41, 5.74) is 6.95. The monoisotopic (exact) mass is 633 g/mol. The molecule has 3 amide bonds. The highest BCUT2D eigenvalue weighted by Gasteiger charge is 2.43. The molecule has 2 N–H and O–H groups in total. The molecule has 2 fully saturated rings. The van der Waals surface area contributed by atoms with Gasteiger partial charge in [0, 0.05) is 29.3 Å². The maximum atomic E-state index is 13.3. The van der Waals surface area contributed by atoms with Crippen molar-refractivity contribution in [1.82, 2.24) is 14.7 Å². The Balaban J connectivity index is 1.07. The zero-order valence-electron chi connectivity index (χ0n) is 28.5. The second-order valence-electron chi connectivity index (χ2n) is 14.4. The SMILES string of the molecule is Cc1ccc(-n2nc(C(C)(C)C)cc2NC(=O)Nc2cccc(CC3CC4CCC(C3)N4C(=O)COc3cccc(C)c3C)c2)cc1. The van der Waals surface area contributed by atoms with Crippen LogP contribution in [-0.4, -0.2) is 45.3 Å². The molecule has 8 heteroatoms. The van der Waals surface area contributed by atoms with Crippen LogP contribution in [0.1, 0.15) is 74.4 Å². The van der Waals surface area contributed by atoms with Gasteiger partial charge in [0.05, 0.1) is 11.4 Å². The van der Waals surface area contributed by atoms with E-state index in [-0.39, 0.29) is 36.0 Å². The third kappa shape index (κ3) is 7.37. The van der Waals surface area contributed by atoms with E-state index in [1.54, 1.807) is 4.68 Å². The topological polar surface area (TPSA) is 88.5 Å². The Bertz CT molecular complexity index is 1740. The van der Waals surface area contributed by atoms with E-state index in [0.29, 0.717) is 11.7 Å². The van der Waals surface area contributed by atoms with Gasteiger partial charge >= 0.3 is 6.03 Å². The Hall–Kier alpha value is -4.59. The van der Waals surface area contributed by atoms with E-state index in [9.17, 15) is 9.59 Å². The molecule has 0 radical (unpaired) electrons. The summed E-state index contributed by atoms with van der Waals surface area (Å²) in [5.74, 6) is 1.98. The lowest BCUT2D eigenvalue weighted by molar-refractivity contribution is -0.138. The third-order valence-electron chi connectivity index (χ3n) is 9.73. The zero-order valence-corrected chi connectivity index (χ0v) is 28.5. The fourth-order valence-corrected chi connectivity index (χ4v) is 7.07. The van der Waals surface area contributed by atoms with Gasteiger partial charge in [-0.05, 0) is 106 Å². The van der Waals surface area contributed by atoms with Crippen LogP contribution in [0.25, 0.3) is 5.69 Å². The number of amides is 3. The van der Waals surface area contributed by atoms with Crippen LogP contribution < -0.4 is 15.4 Å². The highest BCUT2D eigenvalue weighted by Crippen LogP contribution is 2.40. The van der Waals surface area contributed by atoms with E-state index >= 15 is 0 Å². The molecule has 6 rings (SSSR count). The molecular formula is C39H47N5O3. The standard InChI is InChI=1S/C39H47N5O3/c1-25-13-15-31(16-14-25)44-36(23-35(42-44)39(4,5)6)41-38(46)40-30-11-8-10-28(20-30)19-29-21-32-17-18-33(22-29)43(32)37(45)24-47-34-12-7-9-26(2)27(34)3/h7-16,20,23,29,32-33H,17-19,21-22,24H2,1-6H3,(H2,40,41,46). The number of aromatic nitrogens is 2. The lowest BCUT2D eigenvalue weighted by Gasteiger charge is -2.39. The zero-order chi connectivity index (χ0) is 33.3. The number of anilines is 2. The van der Waals surface area contributed by atoms with Crippen LogP contribution in [0, 0.1) is 26.7 Å². The Morgan fingerprint density at radius 3 is 2.30 bits per heavy atom. The van der Waals surface area contributed by atoms with Gasteiger partial charge in [0.25, 0.3) is 5.91 Å². The van der Waals surface area contributed by atoms with Crippen molar-refractivity contribution in [2.75, 3.05) is 17.2 Å². The Morgan fingerprint density at radius 2 is 1.60 bits per heavy atom. The fraction of sp³-hybridized carbons (Fsp3) is 0.410. The smallest absolute Gasteiger partial charge is 0.324 e. The van der Waals surface area contributed by atoms with Crippen molar-refractivity contribution < 1.29 is 14.3 Å². The number of hydrogen-bond donors (Lipinski definition) is 2. The van der Waals surface area contributed by atoms with Crippen LogP contribution in [-0.2, 0) is 16.6 Å². The van der Waals surface area contributed by atoms with Crippen LogP contribution >= 0.6 is 0 Å². The molecule has 2 bridgehead atoms. The maximum Gasteiger partial charge on any atom is 0.324 e. The molecule has 0 aliphatic carbocycles. The predicted octanol–water partition coefficient (Wildman–Crippen LogP) is 8.13. The molecule has 2 atom stereocenters. The number of nitrogens with one attached hydrogen (secondary N) is 2. The largest absolute Gasteiger partial charge is 0.483 e. The van der Waals surface area contributed by atoms with Crippen molar-refractivity contribution in [2.45, 2.75) is 91.1 Å². The Kier molecular flexibility index (Phi) is 9.13. The summed E-state index contributed by atoms with van der Waals surface area (Å²) in [7, 11) is 0. The van der Waals surface area contributed by atoms with E-state index in [1.807, 2.05) is 68.4 Å². The number of fused-ring (bicyclic) bond motifs is 2. The van der Waals surface area contributed by atoms with Crippen LogP contribution in [0.5, 0.6) is 5.75 Å². The molecule has 1 aromatic heterocycles. The van der Waals surface area contributed by atoms with Gasteiger partial charge < -0.3 is 15.0 Å². The second-order valence-corrected chi connectivity index (χ2v) is 14.4. The molecule has 8 nitrogen and oxygen atoms in total. The van der Waals surface area contributed by atoms with Crippen molar-refractivity contribution in [2.24, 2.45) is 5.92 Å². The minimum Gasteiger partial charge on any atom is -0.483 e. The van der Waals surface area contributed by atoms with E-state index in [4.69, 9.17) is 9.84 Å². The lowest BCUT2D eigenvalue weighted by atomic mass is 9.85. The second kappa shape index (κ2) is 13.3. The van der Waals surface area contributed by atoms with Crippen LogP contribution in [0.2, 0.25) is 0 Å². The molecule has 0 spiro atoms. The van der Waals surface area contributed by atoms with Gasteiger partial charge in [-0.2, -0.15) is 5.10 Å². The van der Waals surface area contributed by atoms with Gasteiger partial charge in [-0.25, -0.2) is 9.48 Å². The van der Waals surface area contributed by atoms with Crippen LogP contribution in [0.15, 0.2) is 72.8 Å². The van der Waals surface area contributed by atoms with E-state index < -0.39 is 0 Å². The molecule has 2 unspecified atom stereocenters. The van der Waals surface area contributed by atoms with E-state index in [1.165, 1.54) is 5.56 Å². The summed E-state index contributed by atoms with van der Waals surface area (Å²) >= 11 is 0. The average molecular weight is 634 g/mol. The minimum atomic E-state index is -0.316. The van der Waals surface area contributed by atoms with Crippen molar-refractivity contribution in [3.05, 3.63) is 101 Å². The Morgan fingerprint density at radius 1 is 0.894 bits per heavy atom. The molecule has 3 heterocycles. The average Bonchev–Trinajstić information content (AvgIpc) is 3.56. The highest BCUT2D eigenvalue weighted by atomic mass is 16.5. The number of urea groups is 1. The van der Waals surface area contributed by atoms with Crippen LogP contribution in [0.3, 0.4) is 0 Å². The number of ether oxygens (including phenoxy) is 1. The molecule has 3 aromatic carbocycles. The third-order valence-corrected chi connectivity index (χ3v) is 9.73. The van der Waals surface area contributed by atoms with Gasteiger partial charge in [0.2, 0.25) is 0 Å². The maximum absolute atomic E-state index is 13.3. The van der Waals surface area contributed by atoms with Gasteiger partial charge in [-0.1, -0.05) is 62.7 Å². The number of carbonyl (C=O) groups is 2. The number of hydrogen-bond acceptors (Lipinski definition) is 4. The van der Waals surface area contributed by atoms with Crippen LogP contribution in [0.4, 0.5) is 16.3 Å². The summed E-state index contributed by atoms with van der Waals surface area (Å²) in [6, 6.07) is 24.3. The molecule has 0 saturated carbocycles. The minimum absolute atomic E-state index is 0.0844. The van der Waals surface area contributed by atoms with Crippen molar-refractivity contribution >= 4 is 23.4 Å². The van der Waals surface area contributed by atoms with Gasteiger partial charge in [0.1, 0.15) is 11.6 Å². The number of piperidine rings is 1. The predicted molar refractivity (Wildman–Crippen MR) is 188 cm³/mol. The Labute approximate surface area is 278 Å². The van der Waals surface area contributed by atoms with Gasteiger partial charge in [-0.15, -0.1) is 0 Å². The molecule has 2 aliphatic rings.